The highest BCUT2D eigenvalue weighted by molar-refractivity contribution is 8.68. The summed E-state index contributed by atoms with van der Waals surface area (Å²) in [5, 5.41) is 3.12. The lowest BCUT2D eigenvalue weighted by Crippen LogP contribution is -2.13. The summed E-state index contributed by atoms with van der Waals surface area (Å²) in [6, 6.07) is 0.494. The van der Waals surface area contributed by atoms with Crippen molar-refractivity contribution in [3.63, 3.8) is 0 Å². The molecule has 0 aromatic rings. The van der Waals surface area contributed by atoms with Crippen molar-refractivity contribution in [2.45, 2.75) is 38.1 Å². The minimum absolute atomic E-state index is 0.494. The number of nitrogens with zero attached hydrogens (tertiary/aromatic N) is 1. The van der Waals surface area contributed by atoms with Gasteiger partial charge in [0.2, 0.25) is 5.62 Å². The van der Waals surface area contributed by atoms with Gasteiger partial charge in [-0.3, -0.25) is 4.99 Å². The van der Waals surface area contributed by atoms with Crippen molar-refractivity contribution in [1.29, 1.82) is 0 Å². The first-order valence-electron chi connectivity index (χ1n) is 5.21. The van der Waals surface area contributed by atoms with Gasteiger partial charge in [0, 0.05) is 7.11 Å². The monoisotopic (exact) mass is 266 g/mol. The van der Waals surface area contributed by atoms with E-state index < -0.39 is 5.62 Å². The first kappa shape index (κ1) is 13.5. The van der Waals surface area contributed by atoms with E-state index in [1.54, 1.807) is 24.8 Å². The Bertz CT molecular complexity index is 246. The second kappa shape index (κ2) is 6.89. The molecule has 0 aliphatic heterocycles. The Labute approximate surface area is 101 Å². The molecule has 0 amide bonds. The van der Waals surface area contributed by atoms with Crippen LogP contribution in [0.2, 0.25) is 0 Å². The van der Waals surface area contributed by atoms with Crippen LogP contribution in [0.15, 0.2) is 4.99 Å². The van der Waals surface area contributed by atoms with Crippen LogP contribution in [0.5, 0.6) is 0 Å². The van der Waals surface area contributed by atoms with Crippen molar-refractivity contribution in [1.82, 2.24) is 5.09 Å². The van der Waals surface area contributed by atoms with Gasteiger partial charge < -0.3 is 9.61 Å². The standard InChI is InChI=1S/C9H19N2OPS2/c1-12-13(14,15-2)11-8-10-9-6-4-3-5-7-9/h8-9H,3-7H2,1-2H3,(H,10,11,14). The van der Waals surface area contributed by atoms with Gasteiger partial charge in [0.1, 0.15) is 0 Å². The molecule has 0 radical (unpaired) electrons. The summed E-state index contributed by atoms with van der Waals surface area (Å²) in [5.41, 5.74) is -1.90. The van der Waals surface area contributed by atoms with Crippen LogP contribution in [0.1, 0.15) is 32.1 Å². The summed E-state index contributed by atoms with van der Waals surface area (Å²) in [4.78, 5) is 4.50. The van der Waals surface area contributed by atoms with Gasteiger partial charge in [-0.1, -0.05) is 30.6 Å². The van der Waals surface area contributed by atoms with Gasteiger partial charge in [0.15, 0.2) is 0 Å². The molecule has 0 aromatic heterocycles. The SMILES string of the molecule is COP(=S)(N/C=N/C1CCCCC1)SC. The van der Waals surface area contributed by atoms with Gasteiger partial charge >= 0.3 is 0 Å². The Balaban J connectivity index is 2.34. The molecule has 1 fully saturated rings. The maximum Gasteiger partial charge on any atom is 0.210 e. The van der Waals surface area contributed by atoms with Gasteiger partial charge in [-0.15, -0.1) is 0 Å². The topological polar surface area (TPSA) is 33.6 Å². The summed E-state index contributed by atoms with van der Waals surface area (Å²) in [5.74, 6) is 0. The fourth-order valence-corrected chi connectivity index (χ4v) is 3.23. The van der Waals surface area contributed by atoms with Gasteiger partial charge in [0.25, 0.3) is 0 Å². The highest BCUT2D eigenvalue weighted by atomic mass is 32.9. The third-order valence-corrected chi connectivity index (χ3v) is 8.26. The molecule has 0 spiro atoms. The van der Waals surface area contributed by atoms with Crippen molar-refractivity contribution in [3.05, 3.63) is 0 Å². The minimum atomic E-state index is -1.90. The summed E-state index contributed by atoms with van der Waals surface area (Å²) >= 11 is 6.88. The summed E-state index contributed by atoms with van der Waals surface area (Å²) in [7, 11) is 1.65. The molecule has 0 heterocycles. The maximum absolute atomic E-state index is 5.32. The molecular weight excluding hydrogens is 247 g/mol. The highest BCUT2D eigenvalue weighted by Gasteiger charge is 2.13. The molecule has 3 nitrogen and oxygen atoms in total. The van der Waals surface area contributed by atoms with Crippen molar-refractivity contribution < 1.29 is 4.52 Å². The molecule has 1 saturated carbocycles. The lowest BCUT2D eigenvalue weighted by Gasteiger charge is -2.19. The third-order valence-electron chi connectivity index (χ3n) is 2.56. The second-order valence-corrected chi connectivity index (χ2v) is 10.4. The van der Waals surface area contributed by atoms with E-state index in [1.165, 1.54) is 32.1 Å². The van der Waals surface area contributed by atoms with E-state index in [9.17, 15) is 0 Å². The predicted molar refractivity (Wildman–Crippen MR) is 73.3 cm³/mol. The van der Waals surface area contributed by atoms with Crippen molar-refractivity contribution in [3.8, 4) is 0 Å². The molecule has 0 saturated heterocycles. The van der Waals surface area contributed by atoms with E-state index in [-0.39, 0.29) is 0 Å². The van der Waals surface area contributed by atoms with E-state index in [4.69, 9.17) is 16.3 Å². The Hall–Kier alpha value is 0.430. The molecule has 1 N–H and O–H groups in total. The van der Waals surface area contributed by atoms with E-state index in [2.05, 4.69) is 10.1 Å². The first-order chi connectivity index (χ1) is 7.20. The number of nitrogens with one attached hydrogen (secondary N) is 1. The molecule has 0 aromatic carbocycles. The van der Waals surface area contributed by atoms with Crippen LogP contribution >= 0.6 is 17.0 Å². The van der Waals surface area contributed by atoms with Crippen LogP contribution < -0.4 is 5.09 Å². The summed E-state index contributed by atoms with van der Waals surface area (Å²) in [6.45, 7) is 0. The maximum atomic E-state index is 5.32. The summed E-state index contributed by atoms with van der Waals surface area (Å²) in [6.07, 6.45) is 10.1. The quantitative estimate of drug-likeness (QED) is 0.471. The highest BCUT2D eigenvalue weighted by Crippen LogP contribution is 2.53. The second-order valence-electron chi connectivity index (χ2n) is 3.56. The fraction of sp³-hybridized carbons (Fsp3) is 0.889. The van der Waals surface area contributed by atoms with E-state index in [1.807, 2.05) is 6.26 Å². The molecule has 1 atom stereocenters. The Morgan fingerprint density at radius 3 is 2.67 bits per heavy atom. The average molecular weight is 266 g/mol. The summed E-state index contributed by atoms with van der Waals surface area (Å²) < 4.78 is 5.26. The molecule has 1 aliphatic rings. The smallest absolute Gasteiger partial charge is 0.210 e. The van der Waals surface area contributed by atoms with Gasteiger partial charge in [-0.05, 0) is 30.9 Å². The van der Waals surface area contributed by atoms with Crippen LogP contribution in [-0.4, -0.2) is 25.7 Å². The van der Waals surface area contributed by atoms with Crippen molar-refractivity contribution >= 4 is 35.1 Å². The zero-order valence-corrected chi connectivity index (χ0v) is 11.8. The van der Waals surface area contributed by atoms with Crippen LogP contribution in [-0.2, 0) is 16.3 Å². The lowest BCUT2D eigenvalue weighted by atomic mass is 9.96. The Kier molecular flexibility index (Phi) is 6.20. The molecule has 15 heavy (non-hydrogen) atoms. The minimum Gasteiger partial charge on any atom is -0.330 e. The van der Waals surface area contributed by atoms with E-state index >= 15 is 0 Å². The van der Waals surface area contributed by atoms with Crippen molar-refractivity contribution in [2.24, 2.45) is 4.99 Å². The van der Waals surface area contributed by atoms with Gasteiger partial charge in [-0.25, -0.2) is 0 Å². The predicted octanol–water partition coefficient (Wildman–Crippen LogP) is 3.17. The van der Waals surface area contributed by atoms with Crippen LogP contribution in [0.4, 0.5) is 0 Å². The number of rotatable bonds is 5. The van der Waals surface area contributed by atoms with Gasteiger partial charge in [0.05, 0.1) is 12.4 Å². The van der Waals surface area contributed by atoms with Gasteiger partial charge in [-0.2, -0.15) is 0 Å². The zero-order valence-electron chi connectivity index (χ0n) is 9.31. The first-order valence-corrected chi connectivity index (χ1v) is 9.76. The van der Waals surface area contributed by atoms with Crippen molar-refractivity contribution in [2.75, 3.05) is 13.4 Å². The number of hydrogen-bond donors (Lipinski definition) is 1. The van der Waals surface area contributed by atoms with Crippen LogP contribution in [0, 0.1) is 0 Å². The normalized spacial score (nSPS) is 22.8. The number of hydrogen-bond acceptors (Lipinski definition) is 4. The third kappa shape index (κ3) is 4.85. The van der Waals surface area contributed by atoms with E-state index in [0.717, 1.165) is 0 Å². The molecule has 1 rings (SSSR count). The van der Waals surface area contributed by atoms with Crippen LogP contribution in [0.3, 0.4) is 0 Å². The fourth-order valence-electron chi connectivity index (χ4n) is 1.62. The Morgan fingerprint density at radius 2 is 2.13 bits per heavy atom. The zero-order chi connectivity index (χ0) is 11.1. The lowest BCUT2D eigenvalue weighted by molar-refractivity contribution is 0.443. The number of aliphatic imine (C=N–C) groups is 1. The molecular formula is C9H19N2OPS2. The molecule has 0 bridgehead atoms. The molecule has 1 aliphatic carbocycles. The molecule has 6 heteroatoms. The molecule has 1 unspecified atom stereocenters. The van der Waals surface area contributed by atoms with Crippen LogP contribution in [0.25, 0.3) is 0 Å². The molecule has 88 valence electrons. The Morgan fingerprint density at radius 1 is 1.47 bits per heavy atom. The van der Waals surface area contributed by atoms with E-state index in [0.29, 0.717) is 6.04 Å². The average Bonchev–Trinajstić information content (AvgIpc) is 2.30. The largest absolute Gasteiger partial charge is 0.330 e.